The molecule has 0 saturated carbocycles. The molecule has 6 heteroatoms. The highest BCUT2D eigenvalue weighted by Crippen LogP contribution is 2.37. The van der Waals surface area contributed by atoms with Crippen LogP contribution in [0.5, 0.6) is 0 Å². The second-order valence-electron chi connectivity index (χ2n) is 4.26. The quantitative estimate of drug-likeness (QED) is 0.609. The molecule has 0 aliphatic heterocycles. The molecule has 1 amide bonds. The molecule has 0 aromatic carbocycles. The largest absolute Gasteiger partial charge is 0.271 e. The second kappa shape index (κ2) is 6.66. The molecule has 0 aromatic rings. The fourth-order valence-electron chi connectivity index (χ4n) is 2.14. The average molecular weight is 270 g/mol. The van der Waals surface area contributed by atoms with Gasteiger partial charge in [0.25, 0.3) is 5.91 Å². The molecule has 100 valence electrons. The van der Waals surface area contributed by atoms with Gasteiger partial charge in [0.05, 0.1) is 6.07 Å². The van der Waals surface area contributed by atoms with Crippen molar-refractivity contribution >= 4 is 17.0 Å². The van der Waals surface area contributed by atoms with Gasteiger partial charge in [-0.05, 0) is 37.7 Å². The molecule has 0 fully saturated rings. The summed E-state index contributed by atoms with van der Waals surface area (Å²) >= 11 is -1.59. The molecule has 0 spiro atoms. The topological polar surface area (TPSA) is 79.2 Å². The number of nitrogens with zero attached hydrogens (tertiary/aromatic N) is 1. The fourth-order valence-corrected chi connectivity index (χ4v) is 2.34. The zero-order chi connectivity index (χ0) is 13.6. The van der Waals surface area contributed by atoms with Crippen molar-refractivity contribution in [1.82, 2.24) is 5.48 Å². The maximum atomic E-state index is 12.1. The summed E-state index contributed by atoms with van der Waals surface area (Å²) in [6.07, 6.45) is 7.38. The smallest absolute Gasteiger partial charge is 0.269 e. The maximum absolute atomic E-state index is 12.1. The third-order valence-corrected chi connectivity index (χ3v) is 3.52. The predicted octanol–water partition coefficient (Wildman–Crippen LogP) is 1.75. The maximum Gasteiger partial charge on any atom is 0.269 e. The Morgan fingerprint density at radius 2 is 2.39 bits per heavy atom. The van der Waals surface area contributed by atoms with E-state index in [0.29, 0.717) is 6.42 Å². The van der Waals surface area contributed by atoms with Gasteiger partial charge in [0.2, 0.25) is 0 Å². The number of rotatable bonds is 5. The summed E-state index contributed by atoms with van der Waals surface area (Å²) in [6, 6.07) is 2.10. The highest BCUT2D eigenvalue weighted by atomic mass is 32.2. The van der Waals surface area contributed by atoms with Gasteiger partial charge in [0.1, 0.15) is 0 Å². The van der Waals surface area contributed by atoms with Gasteiger partial charge in [-0.1, -0.05) is 13.0 Å². The Labute approximate surface area is 110 Å². The minimum atomic E-state index is -1.59. The predicted molar refractivity (Wildman–Crippen MR) is 68.2 cm³/mol. The molecule has 0 aromatic heterocycles. The Hall–Kier alpha value is -1.19. The number of hydroxylamine groups is 1. The first-order chi connectivity index (χ1) is 8.56. The Morgan fingerprint density at radius 3 is 2.83 bits per heavy atom. The monoisotopic (exact) mass is 270 g/mol. The Morgan fingerprint density at radius 1 is 1.67 bits per heavy atom. The normalized spacial score (nSPS) is 20.2. The lowest BCUT2D eigenvalue weighted by Gasteiger charge is -2.28. The molecule has 0 saturated heterocycles. The molecular weight excluding hydrogens is 252 g/mol. The summed E-state index contributed by atoms with van der Waals surface area (Å²) < 4.78 is 15.4. The molecule has 1 rings (SSSR count). The SMILES string of the molecule is CCC(C#N)(C(=O)NOS(C)=O)C1=CCCCC1. The molecule has 0 heterocycles. The zero-order valence-electron chi connectivity index (χ0n) is 10.7. The number of carbonyl (C=O) groups is 1. The minimum Gasteiger partial charge on any atom is -0.271 e. The third-order valence-electron chi connectivity index (χ3n) is 3.20. The number of allylic oxidation sites excluding steroid dienone is 1. The van der Waals surface area contributed by atoms with Crippen LogP contribution in [-0.2, 0) is 20.2 Å². The van der Waals surface area contributed by atoms with Crippen molar-refractivity contribution in [2.75, 3.05) is 6.26 Å². The fraction of sp³-hybridized carbons (Fsp3) is 0.667. The van der Waals surface area contributed by atoms with Crippen LogP contribution in [0.2, 0.25) is 0 Å². The standard InChI is InChI=1S/C12H18N2O3S/c1-3-12(9-13,10-7-5-4-6-8-10)11(15)14-17-18(2)16/h7H,3-6,8H2,1-2H3,(H,14,15). The zero-order valence-corrected chi connectivity index (χ0v) is 11.5. The molecule has 0 radical (unpaired) electrons. The van der Waals surface area contributed by atoms with E-state index >= 15 is 0 Å². The van der Waals surface area contributed by atoms with Crippen LogP contribution in [0, 0.1) is 16.7 Å². The van der Waals surface area contributed by atoms with E-state index in [1.807, 2.05) is 6.08 Å². The van der Waals surface area contributed by atoms with Crippen LogP contribution in [0.15, 0.2) is 11.6 Å². The van der Waals surface area contributed by atoms with Crippen molar-refractivity contribution < 1.29 is 13.3 Å². The third kappa shape index (κ3) is 3.18. The van der Waals surface area contributed by atoms with Crippen molar-refractivity contribution in [2.24, 2.45) is 5.41 Å². The number of hydrogen-bond acceptors (Lipinski definition) is 4. The lowest BCUT2D eigenvalue weighted by molar-refractivity contribution is -0.133. The lowest BCUT2D eigenvalue weighted by Crippen LogP contribution is -2.41. The highest BCUT2D eigenvalue weighted by molar-refractivity contribution is 7.79. The van der Waals surface area contributed by atoms with Gasteiger partial charge in [-0.2, -0.15) is 9.55 Å². The second-order valence-corrected chi connectivity index (χ2v) is 5.23. The lowest BCUT2D eigenvalue weighted by atomic mass is 9.74. The van der Waals surface area contributed by atoms with E-state index in [4.69, 9.17) is 0 Å². The molecule has 0 bridgehead atoms. The van der Waals surface area contributed by atoms with E-state index in [-0.39, 0.29) is 0 Å². The van der Waals surface area contributed by atoms with Crippen LogP contribution < -0.4 is 5.48 Å². The highest BCUT2D eigenvalue weighted by Gasteiger charge is 2.41. The molecule has 2 unspecified atom stereocenters. The van der Waals surface area contributed by atoms with Gasteiger partial charge in [0.15, 0.2) is 16.5 Å². The Bertz CT molecular complexity index is 414. The Balaban J connectivity index is 2.92. The molecule has 5 nitrogen and oxygen atoms in total. The summed E-state index contributed by atoms with van der Waals surface area (Å²) in [6.45, 7) is 1.79. The number of nitriles is 1. The van der Waals surface area contributed by atoms with Gasteiger partial charge in [-0.15, -0.1) is 0 Å². The van der Waals surface area contributed by atoms with Gasteiger partial charge in [0, 0.05) is 6.26 Å². The first-order valence-electron chi connectivity index (χ1n) is 5.98. The van der Waals surface area contributed by atoms with E-state index in [1.165, 1.54) is 6.26 Å². The van der Waals surface area contributed by atoms with Gasteiger partial charge in [-0.25, -0.2) is 9.69 Å². The molecular formula is C12H18N2O3S. The van der Waals surface area contributed by atoms with Crippen LogP contribution in [0.4, 0.5) is 0 Å². The summed E-state index contributed by atoms with van der Waals surface area (Å²) in [5.74, 6) is -0.532. The van der Waals surface area contributed by atoms with E-state index in [0.717, 1.165) is 31.3 Å². The van der Waals surface area contributed by atoms with Crippen LogP contribution in [-0.4, -0.2) is 16.4 Å². The minimum absolute atomic E-state index is 0.376. The van der Waals surface area contributed by atoms with Crippen molar-refractivity contribution in [3.8, 4) is 6.07 Å². The summed E-state index contributed by atoms with van der Waals surface area (Å²) in [4.78, 5) is 12.1. The molecule has 1 N–H and O–H groups in total. The van der Waals surface area contributed by atoms with E-state index < -0.39 is 22.4 Å². The van der Waals surface area contributed by atoms with E-state index in [1.54, 1.807) is 6.92 Å². The van der Waals surface area contributed by atoms with Crippen molar-refractivity contribution in [1.29, 1.82) is 5.26 Å². The van der Waals surface area contributed by atoms with Gasteiger partial charge < -0.3 is 0 Å². The number of nitrogens with one attached hydrogen (secondary N) is 1. The summed E-state index contributed by atoms with van der Waals surface area (Å²) in [5.41, 5.74) is 1.77. The molecule has 2 atom stereocenters. The number of amides is 1. The van der Waals surface area contributed by atoms with E-state index in [9.17, 15) is 14.3 Å². The van der Waals surface area contributed by atoms with Crippen molar-refractivity contribution in [2.45, 2.75) is 39.0 Å². The van der Waals surface area contributed by atoms with E-state index in [2.05, 4.69) is 15.8 Å². The number of hydrogen-bond donors (Lipinski definition) is 1. The van der Waals surface area contributed by atoms with Gasteiger partial charge >= 0.3 is 0 Å². The molecule has 1 aliphatic rings. The molecule has 1 aliphatic carbocycles. The average Bonchev–Trinajstić information content (AvgIpc) is 2.39. The van der Waals surface area contributed by atoms with Crippen LogP contribution in [0.3, 0.4) is 0 Å². The van der Waals surface area contributed by atoms with Crippen LogP contribution in [0.25, 0.3) is 0 Å². The first-order valence-corrected chi connectivity index (χ1v) is 7.47. The van der Waals surface area contributed by atoms with Gasteiger partial charge in [-0.3, -0.25) is 4.79 Å². The van der Waals surface area contributed by atoms with Crippen LogP contribution in [0.1, 0.15) is 39.0 Å². The Kier molecular flexibility index (Phi) is 5.51. The molecule has 18 heavy (non-hydrogen) atoms. The number of carbonyl (C=O) groups excluding carboxylic acids is 1. The van der Waals surface area contributed by atoms with Crippen molar-refractivity contribution in [3.63, 3.8) is 0 Å². The summed E-state index contributed by atoms with van der Waals surface area (Å²) in [7, 11) is 0. The summed E-state index contributed by atoms with van der Waals surface area (Å²) in [5, 5.41) is 9.38. The van der Waals surface area contributed by atoms with Crippen LogP contribution >= 0.6 is 0 Å². The first kappa shape index (κ1) is 14.9. The van der Waals surface area contributed by atoms with Crippen molar-refractivity contribution in [3.05, 3.63) is 11.6 Å².